The molecular weight excluding hydrogens is 458 g/mol. The predicted octanol–water partition coefficient (Wildman–Crippen LogP) is 3.92. The Hall–Kier alpha value is -3.42. The van der Waals surface area contributed by atoms with Gasteiger partial charge in [0, 0.05) is 40.2 Å². The molecule has 0 aromatic heterocycles. The normalized spacial score (nSPS) is 30.3. The summed E-state index contributed by atoms with van der Waals surface area (Å²) in [5.74, 6) is -0.0883. The highest BCUT2D eigenvalue weighted by Crippen LogP contribution is 2.67. The van der Waals surface area contributed by atoms with Crippen molar-refractivity contribution in [1.29, 1.82) is 0 Å². The molecular formula is C28H23N3O3S. The summed E-state index contributed by atoms with van der Waals surface area (Å²) in [7, 11) is 0. The maximum absolute atomic E-state index is 14.4. The molecule has 2 amide bonds. The maximum Gasteiger partial charge on any atom is 0.251 e. The molecule has 3 aromatic carbocycles. The zero-order valence-electron chi connectivity index (χ0n) is 19.1. The zero-order valence-corrected chi connectivity index (χ0v) is 19.9. The number of carbonyl (C=O) groups excluding carboxylic acids is 3. The van der Waals surface area contributed by atoms with E-state index >= 15 is 0 Å². The molecule has 2 saturated heterocycles. The number of aryl methyl sites for hydroxylation is 1. The van der Waals surface area contributed by atoms with E-state index in [1.165, 1.54) is 0 Å². The van der Waals surface area contributed by atoms with Crippen LogP contribution in [0.4, 0.5) is 11.4 Å². The van der Waals surface area contributed by atoms with Crippen LogP contribution in [-0.2, 0) is 20.5 Å². The Morgan fingerprint density at radius 2 is 1.51 bits per heavy atom. The summed E-state index contributed by atoms with van der Waals surface area (Å²) in [6, 6.07) is 22.4. The standard InChI is InChI=1S/C28H23N3O3S/c1-16-10-12-17(13-11-16)24(32)23-22-14-35-15-31(22)28(19-7-3-5-9-21(19)30-26(28)34)27(23)18-6-2-4-8-20(18)29-25(27)33/h2-13,22-23H,14-15H2,1H3,(H,29,33)(H,30,34)/t22-,23+,27-,28-/m1/s1. The number of amides is 2. The van der Waals surface area contributed by atoms with Crippen LogP contribution in [-0.4, -0.2) is 40.2 Å². The minimum Gasteiger partial charge on any atom is -0.325 e. The van der Waals surface area contributed by atoms with Crippen LogP contribution in [0.15, 0.2) is 72.8 Å². The lowest BCUT2D eigenvalue weighted by Gasteiger charge is -2.43. The van der Waals surface area contributed by atoms with E-state index in [4.69, 9.17) is 0 Å². The van der Waals surface area contributed by atoms with Crippen molar-refractivity contribution >= 4 is 40.7 Å². The molecule has 0 saturated carbocycles. The van der Waals surface area contributed by atoms with Gasteiger partial charge in [-0.2, -0.15) is 0 Å². The second kappa shape index (κ2) is 7.06. The summed E-state index contributed by atoms with van der Waals surface area (Å²) < 4.78 is 0. The van der Waals surface area contributed by atoms with E-state index < -0.39 is 16.9 Å². The largest absolute Gasteiger partial charge is 0.325 e. The topological polar surface area (TPSA) is 78.5 Å². The average Bonchev–Trinajstić information content (AvgIpc) is 3.58. The molecule has 35 heavy (non-hydrogen) atoms. The molecule has 6 nitrogen and oxygen atoms in total. The Morgan fingerprint density at radius 1 is 0.886 bits per heavy atom. The van der Waals surface area contributed by atoms with Gasteiger partial charge in [0.15, 0.2) is 5.78 Å². The second-order valence-corrected chi connectivity index (χ2v) is 10.8. The summed E-state index contributed by atoms with van der Waals surface area (Å²) in [5.41, 5.74) is 1.78. The van der Waals surface area contributed by atoms with E-state index in [2.05, 4.69) is 15.5 Å². The molecule has 0 radical (unpaired) electrons. The monoisotopic (exact) mass is 481 g/mol. The first-order valence-electron chi connectivity index (χ1n) is 11.8. The number of rotatable bonds is 2. The predicted molar refractivity (Wildman–Crippen MR) is 135 cm³/mol. The van der Waals surface area contributed by atoms with Crippen molar-refractivity contribution in [1.82, 2.24) is 4.90 Å². The molecule has 4 aliphatic rings. The molecule has 0 bridgehead atoms. The molecule has 2 N–H and O–H groups in total. The van der Waals surface area contributed by atoms with Crippen molar-refractivity contribution < 1.29 is 14.4 Å². The van der Waals surface area contributed by atoms with Gasteiger partial charge >= 0.3 is 0 Å². The highest BCUT2D eigenvalue weighted by Gasteiger charge is 2.81. The molecule has 2 spiro atoms. The van der Waals surface area contributed by atoms with Crippen LogP contribution < -0.4 is 10.6 Å². The molecule has 7 rings (SSSR count). The lowest BCUT2D eigenvalue weighted by atomic mass is 9.57. The van der Waals surface area contributed by atoms with Gasteiger partial charge in [0.1, 0.15) is 11.0 Å². The second-order valence-electron chi connectivity index (χ2n) is 9.76. The van der Waals surface area contributed by atoms with E-state index in [9.17, 15) is 14.4 Å². The van der Waals surface area contributed by atoms with Crippen LogP contribution in [0.3, 0.4) is 0 Å². The highest BCUT2D eigenvalue weighted by molar-refractivity contribution is 7.99. The third kappa shape index (κ3) is 2.33. The van der Waals surface area contributed by atoms with E-state index in [1.807, 2.05) is 79.7 Å². The summed E-state index contributed by atoms with van der Waals surface area (Å²) in [6.45, 7) is 1.98. The molecule has 174 valence electrons. The molecule has 4 heterocycles. The minimum absolute atomic E-state index is 0.0941. The van der Waals surface area contributed by atoms with E-state index in [0.717, 1.165) is 16.7 Å². The van der Waals surface area contributed by atoms with Gasteiger partial charge in [-0.15, -0.1) is 11.8 Å². The number of carbonyl (C=O) groups is 3. The number of nitrogens with one attached hydrogen (secondary N) is 2. The number of fused-ring (bicyclic) bond motifs is 7. The number of ketones is 1. The third-order valence-corrected chi connectivity index (χ3v) is 9.28. The Kier molecular flexibility index (Phi) is 4.22. The number of Topliss-reactive ketones (excluding diaryl/α,β-unsaturated/α-hetero) is 1. The van der Waals surface area contributed by atoms with Gasteiger partial charge in [-0.1, -0.05) is 66.2 Å². The lowest BCUT2D eigenvalue weighted by molar-refractivity contribution is -0.137. The number of anilines is 2. The molecule has 0 aliphatic carbocycles. The molecule has 2 fully saturated rings. The van der Waals surface area contributed by atoms with Crippen LogP contribution in [0.5, 0.6) is 0 Å². The fraction of sp³-hybridized carbons (Fsp3) is 0.250. The average molecular weight is 482 g/mol. The highest BCUT2D eigenvalue weighted by atomic mass is 32.2. The van der Waals surface area contributed by atoms with Gasteiger partial charge in [-0.25, -0.2) is 0 Å². The first kappa shape index (κ1) is 20.9. The summed E-state index contributed by atoms with van der Waals surface area (Å²) in [6.07, 6.45) is 0. The number of hydrogen-bond acceptors (Lipinski definition) is 5. The Morgan fingerprint density at radius 3 is 2.26 bits per heavy atom. The van der Waals surface area contributed by atoms with Crippen molar-refractivity contribution in [3.05, 3.63) is 95.1 Å². The number of para-hydroxylation sites is 2. The zero-order chi connectivity index (χ0) is 23.9. The van der Waals surface area contributed by atoms with Crippen molar-refractivity contribution in [3.63, 3.8) is 0 Å². The van der Waals surface area contributed by atoms with Gasteiger partial charge in [0.25, 0.3) is 5.91 Å². The Balaban J connectivity index is 1.58. The molecule has 4 aliphatic heterocycles. The SMILES string of the molecule is Cc1ccc(C(=O)[C@@H]2[C@H]3CSCN3[C@]3(C(=O)Nc4ccccc43)[C@@]23C(=O)Nc2ccccc23)cc1. The van der Waals surface area contributed by atoms with Crippen LogP contribution in [0.1, 0.15) is 27.0 Å². The first-order valence-corrected chi connectivity index (χ1v) is 12.9. The first-order chi connectivity index (χ1) is 17.0. The summed E-state index contributed by atoms with van der Waals surface area (Å²) in [4.78, 5) is 45.1. The van der Waals surface area contributed by atoms with Crippen LogP contribution in [0.2, 0.25) is 0 Å². The van der Waals surface area contributed by atoms with Crippen molar-refractivity contribution in [2.75, 3.05) is 22.3 Å². The van der Waals surface area contributed by atoms with E-state index in [1.54, 1.807) is 11.8 Å². The van der Waals surface area contributed by atoms with Gasteiger partial charge in [-0.05, 0) is 24.6 Å². The summed E-state index contributed by atoms with van der Waals surface area (Å²) in [5, 5.41) is 6.13. The van der Waals surface area contributed by atoms with E-state index in [0.29, 0.717) is 28.6 Å². The van der Waals surface area contributed by atoms with Crippen LogP contribution >= 0.6 is 11.8 Å². The van der Waals surface area contributed by atoms with Crippen molar-refractivity contribution in [3.8, 4) is 0 Å². The Labute approximate surface area is 207 Å². The van der Waals surface area contributed by atoms with E-state index in [-0.39, 0.29) is 23.6 Å². The molecule has 3 aromatic rings. The smallest absolute Gasteiger partial charge is 0.251 e. The molecule has 4 atom stereocenters. The fourth-order valence-corrected chi connectivity index (χ4v) is 8.26. The van der Waals surface area contributed by atoms with Crippen molar-refractivity contribution in [2.24, 2.45) is 5.92 Å². The van der Waals surface area contributed by atoms with Gasteiger partial charge in [0.05, 0.1) is 5.92 Å². The van der Waals surface area contributed by atoms with Crippen LogP contribution in [0, 0.1) is 12.8 Å². The lowest BCUT2D eigenvalue weighted by Crippen LogP contribution is -2.62. The summed E-state index contributed by atoms with van der Waals surface area (Å²) >= 11 is 1.71. The number of thioether (sulfide) groups is 1. The maximum atomic E-state index is 14.4. The van der Waals surface area contributed by atoms with Gasteiger partial charge < -0.3 is 10.6 Å². The van der Waals surface area contributed by atoms with Gasteiger partial charge in [0.2, 0.25) is 5.91 Å². The van der Waals surface area contributed by atoms with Crippen molar-refractivity contribution in [2.45, 2.75) is 23.9 Å². The quantitative estimate of drug-likeness (QED) is 0.543. The molecule has 7 heteroatoms. The van der Waals surface area contributed by atoms with Gasteiger partial charge in [-0.3, -0.25) is 19.3 Å². The fourth-order valence-electron chi connectivity index (χ4n) is 6.95. The molecule has 0 unspecified atom stereocenters. The Bertz CT molecular complexity index is 1440. The third-order valence-electron chi connectivity index (χ3n) is 8.24. The number of hydrogen-bond donors (Lipinski definition) is 2. The number of nitrogens with zero attached hydrogens (tertiary/aromatic N) is 1. The van der Waals surface area contributed by atoms with Crippen LogP contribution in [0.25, 0.3) is 0 Å². The minimum atomic E-state index is -1.39. The number of benzene rings is 3.